The number of fused-ring (bicyclic) bond motifs is 1. The molecule has 8 nitrogen and oxygen atoms in total. The summed E-state index contributed by atoms with van der Waals surface area (Å²) >= 11 is 1.29. The van der Waals surface area contributed by atoms with Crippen molar-refractivity contribution < 1.29 is 29.4 Å². The van der Waals surface area contributed by atoms with Gasteiger partial charge in [0.2, 0.25) is 11.8 Å². The number of rotatable bonds is 5. The van der Waals surface area contributed by atoms with E-state index in [0.717, 1.165) is 0 Å². The number of aliphatic carboxylic acids is 2. The molecule has 4 atom stereocenters. The topological polar surface area (TPSA) is 124 Å². The molecule has 0 bridgehead atoms. The molecule has 2 amide bonds. The Morgan fingerprint density at radius 1 is 1.14 bits per heavy atom. The van der Waals surface area contributed by atoms with Gasteiger partial charge in [-0.3, -0.25) is 14.4 Å². The van der Waals surface area contributed by atoms with E-state index in [-0.39, 0.29) is 59.1 Å². The maximum absolute atomic E-state index is 12.5. The number of hydrogen-bond acceptors (Lipinski definition) is 5. The molecule has 1 unspecified atom stereocenters. The van der Waals surface area contributed by atoms with Gasteiger partial charge in [-0.15, -0.1) is 11.8 Å². The standard InChI is InChI=1S/C17H18N2O6S.2Na.2H/c1-17(2)11(16(24)25)19-13(21)10(14(19)26-17)18-12(20)9(15(22)23)8-6-4-3-5-7-8;;;;/h3-7,9-11,14H,1-2H3,(H,18,20)(H,22,23)(H,24,25);;;;/t9?,10-,11+,14-;;;;/m1..../s1. The molecule has 0 saturated carbocycles. The zero-order valence-corrected chi connectivity index (χ0v) is 14.9. The molecular weight excluding hydrogens is 406 g/mol. The molecule has 3 N–H and O–H groups in total. The van der Waals surface area contributed by atoms with Crippen molar-refractivity contribution in [2.75, 3.05) is 0 Å². The van der Waals surface area contributed by atoms with Crippen molar-refractivity contribution in [3.8, 4) is 0 Å². The summed E-state index contributed by atoms with van der Waals surface area (Å²) < 4.78 is -0.711. The van der Waals surface area contributed by atoms with Gasteiger partial charge in [0.25, 0.3) is 0 Å². The van der Waals surface area contributed by atoms with Crippen LogP contribution >= 0.6 is 11.8 Å². The summed E-state index contributed by atoms with van der Waals surface area (Å²) in [5.74, 6) is -5.16. The van der Waals surface area contributed by atoms with Gasteiger partial charge in [-0.1, -0.05) is 30.3 Å². The number of hydrogen-bond donors (Lipinski definition) is 3. The van der Waals surface area contributed by atoms with Crippen LogP contribution in [0.4, 0.5) is 0 Å². The van der Waals surface area contributed by atoms with Crippen molar-refractivity contribution in [2.24, 2.45) is 0 Å². The van der Waals surface area contributed by atoms with Crippen LogP contribution in [0.2, 0.25) is 0 Å². The number of carboxylic acids is 2. The third kappa shape index (κ3) is 4.45. The van der Waals surface area contributed by atoms with Crippen molar-refractivity contribution in [1.82, 2.24) is 10.2 Å². The van der Waals surface area contributed by atoms with E-state index in [1.807, 2.05) is 0 Å². The van der Waals surface area contributed by atoms with Crippen molar-refractivity contribution in [3.05, 3.63) is 35.9 Å². The number of carbonyl (C=O) groups is 4. The van der Waals surface area contributed by atoms with Crippen LogP contribution in [-0.2, 0) is 19.2 Å². The Morgan fingerprint density at radius 3 is 2.21 bits per heavy atom. The van der Waals surface area contributed by atoms with Gasteiger partial charge in [0.1, 0.15) is 17.5 Å². The number of amides is 2. The summed E-state index contributed by atoms with van der Waals surface area (Å²) in [5.41, 5.74) is 0.309. The number of nitrogens with zero attached hydrogens (tertiary/aromatic N) is 1. The molecule has 1 aromatic carbocycles. The molecule has 142 valence electrons. The summed E-state index contributed by atoms with van der Waals surface area (Å²) in [6, 6.07) is 6.10. The van der Waals surface area contributed by atoms with Crippen molar-refractivity contribution in [2.45, 2.75) is 42.0 Å². The first kappa shape index (κ1) is 25.5. The predicted octanol–water partition coefficient (Wildman–Crippen LogP) is -0.810. The molecule has 2 saturated heterocycles. The molecule has 0 spiro atoms. The fourth-order valence-electron chi connectivity index (χ4n) is 3.43. The Morgan fingerprint density at radius 2 is 1.71 bits per heavy atom. The molecule has 0 aliphatic carbocycles. The summed E-state index contributed by atoms with van der Waals surface area (Å²) in [4.78, 5) is 49.2. The van der Waals surface area contributed by atoms with Crippen molar-refractivity contribution in [3.63, 3.8) is 0 Å². The zero-order chi connectivity index (χ0) is 19.2. The number of carboxylic acid groups (broad SMARTS) is 2. The average molecular weight is 426 g/mol. The van der Waals surface area contributed by atoms with E-state index < -0.39 is 51.9 Å². The van der Waals surface area contributed by atoms with Gasteiger partial charge in [-0.2, -0.15) is 0 Å². The molecule has 2 aliphatic heterocycles. The van der Waals surface area contributed by atoms with Gasteiger partial charge in [0, 0.05) is 4.75 Å². The molecular formula is C17H20N2Na2O6S. The monoisotopic (exact) mass is 426 g/mol. The minimum atomic E-state index is -1.44. The first-order chi connectivity index (χ1) is 12.1. The van der Waals surface area contributed by atoms with Crippen LogP contribution in [0.1, 0.15) is 25.3 Å². The Hall–Kier alpha value is -0.550. The molecule has 2 fully saturated rings. The normalized spacial score (nSPS) is 25.3. The van der Waals surface area contributed by atoms with Crippen molar-refractivity contribution in [1.29, 1.82) is 0 Å². The van der Waals surface area contributed by atoms with Gasteiger partial charge in [0.15, 0.2) is 5.92 Å². The molecule has 1 aromatic rings. The quantitative estimate of drug-likeness (QED) is 0.320. The number of benzene rings is 1. The SMILES string of the molecule is CC1(C)S[C@@H]2[C@H](NC(=O)C(C(=O)O)c3ccccc3)C(=O)N2[C@H]1C(=O)O.[NaH].[NaH]. The van der Waals surface area contributed by atoms with E-state index in [9.17, 15) is 29.4 Å². The third-order valence-electron chi connectivity index (χ3n) is 4.61. The zero-order valence-electron chi connectivity index (χ0n) is 14.1. The van der Waals surface area contributed by atoms with E-state index >= 15 is 0 Å². The van der Waals surface area contributed by atoms with Crippen LogP contribution in [0.15, 0.2) is 30.3 Å². The molecule has 2 heterocycles. The second kappa shape index (κ2) is 9.51. The van der Waals surface area contributed by atoms with Crippen LogP contribution in [0.5, 0.6) is 0 Å². The second-order valence-corrected chi connectivity index (χ2v) is 8.54. The van der Waals surface area contributed by atoms with Gasteiger partial charge in [-0.25, -0.2) is 4.79 Å². The fraction of sp³-hybridized carbons (Fsp3) is 0.412. The first-order valence-electron chi connectivity index (χ1n) is 7.96. The second-order valence-electron chi connectivity index (χ2n) is 6.77. The summed E-state index contributed by atoms with van der Waals surface area (Å²) in [5, 5.41) is 20.8. The summed E-state index contributed by atoms with van der Waals surface area (Å²) in [6.45, 7) is 3.45. The summed E-state index contributed by atoms with van der Waals surface area (Å²) in [6.07, 6.45) is 0. The number of thioether (sulfide) groups is 1. The number of β-lactam (4-membered cyclic amide) rings is 1. The van der Waals surface area contributed by atoms with Crippen LogP contribution in [0.25, 0.3) is 0 Å². The molecule has 0 radical (unpaired) electrons. The third-order valence-corrected chi connectivity index (χ3v) is 6.19. The average Bonchev–Trinajstić information content (AvgIpc) is 2.82. The predicted molar refractivity (Wildman–Crippen MR) is 107 cm³/mol. The Bertz CT molecular complexity index is 791. The molecule has 11 heteroatoms. The van der Waals surface area contributed by atoms with Gasteiger partial charge >= 0.3 is 71.1 Å². The minimum absolute atomic E-state index is 0. The van der Waals surface area contributed by atoms with Gasteiger partial charge in [0.05, 0.1) is 0 Å². The van der Waals surface area contributed by atoms with E-state index in [0.29, 0.717) is 5.56 Å². The van der Waals surface area contributed by atoms with E-state index in [4.69, 9.17) is 0 Å². The van der Waals surface area contributed by atoms with E-state index in [2.05, 4.69) is 5.32 Å². The molecule has 28 heavy (non-hydrogen) atoms. The Labute approximate surface area is 210 Å². The first-order valence-corrected chi connectivity index (χ1v) is 8.84. The number of carbonyl (C=O) groups excluding carboxylic acids is 2. The molecule has 3 rings (SSSR count). The summed E-state index contributed by atoms with van der Waals surface area (Å²) in [7, 11) is 0. The molecule has 2 aliphatic rings. The number of nitrogens with one attached hydrogen (secondary N) is 1. The van der Waals surface area contributed by atoms with E-state index in [1.165, 1.54) is 28.8 Å². The molecule has 0 aromatic heterocycles. The van der Waals surface area contributed by atoms with Crippen LogP contribution in [0.3, 0.4) is 0 Å². The van der Waals surface area contributed by atoms with Crippen LogP contribution < -0.4 is 5.32 Å². The van der Waals surface area contributed by atoms with Crippen LogP contribution in [-0.4, -0.2) is 120 Å². The van der Waals surface area contributed by atoms with Gasteiger partial charge in [-0.05, 0) is 19.4 Å². The maximum atomic E-state index is 12.5. The van der Waals surface area contributed by atoms with Gasteiger partial charge < -0.3 is 20.4 Å². The van der Waals surface area contributed by atoms with Crippen molar-refractivity contribution >= 4 is 94.6 Å². The van der Waals surface area contributed by atoms with Crippen LogP contribution in [0, 0.1) is 0 Å². The van der Waals surface area contributed by atoms with E-state index in [1.54, 1.807) is 32.0 Å². The fourth-order valence-corrected chi connectivity index (χ4v) is 5.06. The Balaban J connectivity index is 0.00000196. The Kier molecular flexibility index (Phi) is 8.65.